The average molecular weight is 460 g/mol. The van der Waals surface area contributed by atoms with E-state index in [-0.39, 0.29) is 36.9 Å². The minimum atomic E-state index is -0.355. The Morgan fingerprint density at radius 1 is 1.22 bits per heavy atom. The van der Waals surface area contributed by atoms with Crippen LogP contribution in [0, 0.1) is 0 Å². The van der Waals surface area contributed by atoms with Gasteiger partial charge < -0.3 is 15.1 Å². The first-order valence-corrected chi connectivity index (χ1v) is 11.3. The molecule has 0 bridgehead atoms. The van der Waals surface area contributed by atoms with Crippen LogP contribution in [-0.4, -0.2) is 71.0 Å². The molecule has 2 heterocycles. The standard InChI is InChI=1S/C23H30ClN5O3/c1-4-5-6-7-18-14-28(15-21(30)25-13-22(31)27(2)3)23(32)20-12-19(26-29(18)20)16-8-10-17(24)11-9-16/h8-12,18H,4-7,13-15H2,1-3H3,(H,25,30). The number of halogens is 1. The molecule has 3 rings (SSSR count). The Kier molecular flexibility index (Phi) is 7.90. The van der Waals surface area contributed by atoms with Crippen LogP contribution in [0.3, 0.4) is 0 Å². The second-order valence-corrected chi connectivity index (χ2v) is 8.70. The summed E-state index contributed by atoms with van der Waals surface area (Å²) < 4.78 is 1.81. The third-order valence-electron chi connectivity index (χ3n) is 5.57. The summed E-state index contributed by atoms with van der Waals surface area (Å²) in [5, 5.41) is 7.96. The molecule has 2 aromatic rings. The Bertz CT molecular complexity index is 971. The van der Waals surface area contributed by atoms with Gasteiger partial charge in [0.1, 0.15) is 5.69 Å². The topological polar surface area (TPSA) is 87.5 Å². The second-order valence-electron chi connectivity index (χ2n) is 8.27. The molecule has 3 amide bonds. The van der Waals surface area contributed by atoms with Crippen molar-refractivity contribution in [3.63, 3.8) is 0 Å². The molecule has 1 aromatic carbocycles. The molecular weight excluding hydrogens is 430 g/mol. The van der Waals surface area contributed by atoms with Crippen molar-refractivity contribution >= 4 is 29.3 Å². The number of hydrogen-bond acceptors (Lipinski definition) is 4. The lowest BCUT2D eigenvalue weighted by molar-refractivity contribution is -0.131. The van der Waals surface area contributed by atoms with Crippen molar-refractivity contribution < 1.29 is 14.4 Å². The Labute approximate surface area is 193 Å². The zero-order chi connectivity index (χ0) is 23.3. The summed E-state index contributed by atoms with van der Waals surface area (Å²) in [6.07, 6.45) is 4.08. The first-order chi connectivity index (χ1) is 15.3. The summed E-state index contributed by atoms with van der Waals surface area (Å²) >= 11 is 6.00. The molecule has 1 unspecified atom stereocenters. The van der Waals surface area contributed by atoms with Crippen LogP contribution in [-0.2, 0) is 9.59 Å². The van der Waals surface area contributed by atoms with E-state index >= 15 is 0 Å². The van der Waals surface area contributed by atoms with Crippen LogP contribution in [0.2, 0.25) is 5.02 Å². The third kappa shape index (κ3) is 5.68. The van der Waals surface area contributed by atoms with Crippen molar-refractivity contribution in [2.45, 2.75) is 38.6 Å². The second kappa shape index (κ2) is 10.6. The summed E-state index contributed by atoms with van der Waals surface area (Å²) in [5.74, 6) is -0.795. The zero-order valence-electron chi connectivity index (χ0n) is 18.8. The van der Waals surface area contributed by atoms with Crippen molar-refractivity contribution in [1.29, 1.82) is 0 Å². The van der Waals surface area contributed by atoms with E-state index in [1.54, 1.807) is 37.2 Å². The smallest absolute Gasteiger partial charge is 0.272 e. The van der Waals surface area contributed by atoms with Gasteiger partial charge in [0.2, 0.25) is 11.8 Å². The van der Waals surface area contributed by atoms with Crippen molar-refractivity contribution in [2.75, 3.05) is 33.7 Å². The van der Waals surface area contributed by atoms with Gasteiger partial charge in [-0.25, -0.2) is 0 Å². The van der Waals surface area contributed by atoms with Gasteiger partial charge in [-0.2, -0.15) is 5.10 Å². The number of hydrogen-bond donors (Lipinski definition) is 1. The van der Waals surface area contributed by atoms with Crippen molar-refractivity contribution in [1.82, 2.24) is 24.9 Å². The van der Waals surface area contributed by atoms with Crippen LogP contribution in [0.4, 0.5) is 0 Å². The Balaban J connectivity index is 1.79. The molecule has 1 N–H and O–H groups in total. The van der Waals surface area contributed by atoms with Crippen LogP contribution in [0.5, 0.6) is 0 Å². The van der Waals surface area contributed by atoms with Gasteiger partial charge in [0.05, 0.1) is 24.8 Å². The average Bonchev–Trinajstić information content (AvgIpc) is 3.21. The lowest BCUT2D eigenvalue weighted by Gasteiger charge is -2.33. The van der Waals surface area contributed by atoms with Crippen molar-refractivity contribution in [2.24, 2.45) is 0 Å². The number of unbranched alkanes of at least 4 members (excludes halogenated alkanes) is 2. The molecule has 0 saturated carbocycles. The number of carbonyl (C=O) groups is 3. The number of aromatic nitrogens is 2. The van der Waals surface area contributed by atoms with Gasteiger partial charge in [0, 0.05) is 31.2 Å². The lowest BCUT2D eigenvalue weighted by Crippen LogP contribution is -2.48. The number of benzene rings is 1. The highest BCUT2D eigenvalue weighted by atomic mass is 35.5. The predicted octanol–water partition coefficient (Wildman–Crippen LogP) is 2.99. The summed E-state index contributed by atoms with van der Waals surface area (Å²) in [6, 6.07) is 9.10. The summed E-state index contributed by atoms with van der Waals surface area (Å²) in [4.78, 5) is 40.3. The number of nitrogens with one attached hydrogen (secondary N) is 1. The molecule has 0 saturated heterocycles. The molecule has 0 fully saturated rings. The molecule has 0 spiro atoms. The van der Waals surface area contributed by atoms with Crippen LogP contribution < -0.4 is 5.32 Å². The highest BCUT2D eigenvalue weighted by Crippen LogP contribution is 2.29. The molecule has 172 valence electrons. The van der Waals surface area contributed by atoms with Gasteiger partial charge in [-0.15, -0.1) is 0 Å². The Hall–Kier alpha value is -2.87. The number of carbonyl (C=O) groups excluding carboxylic acids is 3. The first kappa shape index (κ1) is 23.8. The minimum Gasteiger partial charge on any atom is -0.347 e. The SMILES string of the molecule is CCCCCC1CN(CC(=O)NCC(=O)N(C)C)C(=O)c2cc(-c3ccc(Cl)cc3)nn21. The molecule has 1 aliphatic rings. The fourth-order valence-electron chi connectivity index (χ4n) is 3.71. The van der Waals surface area contributed by atoms with Gasteiger partial charge in [-0.05, 0) is 24.6 Å². The molecule has 9 heteroatoms. The predicted molar refractivity (Wildman–Crippen MR) is 123 cm³/mol. The quantitative estimate of drug-likeness (QED) is 0.584. The monoisotopic (exact) mass is 459 g/mol. The number of fused-ring (bicyclic) bond motifs is 1. The van der Waals surface area contributed by atoms with Crippen LogP contribution in [0.1, 0.15) is 49.1 Å². The zero-order valence-corrected chi connectivity index (χ0v) is 19.6. The summed E-state index contributed by atoms with van der Waals surface area (Å²) in [7, 11) is 3.26. The lowest BCUT2D eigenvalue weighted by atomic mass is 10.0. The maximum Gasteiger partial charge on any atom is 0.272 e. The maximum atomic E-state index is 13.2. The normalized spacial score (nSPS) is 15.4. The fourth-order valence-corrected chi connectivity index (χ4v) is 3.84. The highest BCUT2D eigenvalue weighted by molar-refractivity contribution is 6.30. The van der Waals surface area contributed by atoms with Crippen LogP contribution in [0.15, 0.2) is 30.3 Å². The van der Waals surface area contributed by atoms with Gasteiger partial charge in [0.25, 0.3) is 5.91 Å². The number of nitrogens with zero attached hydrogens (tertiary/aromatic N) is 4. The molecule has 1 aliphatic heterocycles. The summed E-state index contributed by atoms with van der Waals surface area (Å²) in [5.41, 5.74) is 2.05. The molecular formula is C23H30ClN5O3. The molecule has 32 heavy (non-hydrogen) atoms. The number of rotatable bonds is 9. The molecule has 1 aromatic heterocycles. The van der Waals surface area contributed by atoms with Crippen molar-refractivity contribution in [3.05, 3.63) is 41.0 Å². The van der Waals surface area contributed by atoms with Gasteiger partial charge in [0.15, 0.2) is 0 Å². The van der Waals surface area contributed by atoms with Gasteiger partial charge in [-0.1, -0.05) is 49.9 Å². The van der Waals surface area contributed by atoms with E-state index in [0.29, 0.717) is 23.0 Å². The third-order valence-corrected chi connectivity index (χ3v) is 5.82. The number of amides is 3. The van der Waals surface area contributed by atoms with Gasteiger partial charge >= 0.3 is 0 Å². The molecule has 0 radical (unpaired) electrons. The molecule has 0 aliphatic carbocycles. The van der Waals surface area contributed by atoms with E-state index in [9.17, 15) is 14.4 Å². The minimum absolute atomic E-state index is 0.00786. The first-order valence-electron chi connectivity index (χ1n) is 10.9. The van der Waals surface area contributed by atoms with E-state index in [1.807, 2.05) is 16.8 Å². The highest BCUT2D eigenvalue weighted by Gasteiger charge is 2.33. The largest absolute Gasteiger partial charge is 0.347 e. The molecule has 8 nitrogen and oxygen atoms in total. The van der Waals surface area contributed by atoms with E-state index in [0.717, 1.165) is 31.2 Å². The molecule has 1 atom stereocenters. The Morgan fingerprint density at radius 3 is 2.59 bits per heavy atom. The van der Waals surface area contributed by atoms with E-state index in [2.05, 4.69) is 12.2 Å². The van der Waals surface area contributed by atoms with E-state index in [1.165, 1.54) is 4.90 Å². The number of likely N-dealkylation sites (N-methyl/N-ethyl adjacent to an activating group) is 1. The van der Waals surface area contributed by atoms with E-state index in [4.69, 9.17) is 16.7 Å². The van der Waals surface area contributed by atoms with Crippen LogP contribution >= 0.6 is 11.6 Å². The Morgan fingerprint density at radius 2 is 1.94 bits per heavy atom. The van der Waals surface area contributed by atoms with E-state index < -0.39 is 0 Å². The summed E-state index contributed by atoms with van der Waals surface area (Å²) in [6.45, 7) is 2.37. The van der Waals surface area contributed by atoms with Gasteiger partial charge in [-0.3, -0.25) is 19.1 Å². The fraction of sp³-hybridized carbons (Fsp3) is 0.478. The van der Waals surface area contributed by atoms with Crippen molar-refractivity contribution in [3.8, 4) is 11.3 Å². The van der Waals surface area contributed by atoms with Crippen LogP contribution in [0.25, 0.3) is 11.3 Å². The maximum absolute atomic E-state index is 13.2.